The lowest BCUT2D eigenvalue weighted by Gasteiger charge is -2.43. The van der Waals surface area contributed by atoms with E-state index in [0.717, 1.165) is 67.3 Å². The topological polar surface area (TPSA) is 205 Å². The van der Waals surface area contributed by atoms with Gasteiger partial charge in [-0.1, -0.05) is 12.1 Å². The van der Waals surface area contributed by atoms with Crippen molar-refractivity contribution in [3.63, 3.8) is 0 Å². The lowest BCUT2D eigenvalue weighted by molar-refractivity contribution is -0.136. The van der Waals surface area contributed by atoms with Crippen molar-refractivity contribution in [3.8, 4) is 5.75 Å². The summed E-state index contributed by atoms with van der Waals surface area (Å²) in [7, 11) is 0. The fourth-order valence-corrected chi connectivity index (χ4v) is 10.0. The zero-order chi connectivity index (χ0) is 44.6. The Kier molecular flexibility index (Phi) is 11.8. The normalized spacial score (nSPS) is 19.8. The van der Waals surface area contributed by atoms with Crippen molar-refractivity contribution in [2.75, 3.05) is 61.3 Å². The third-order valence-electron chi connectivity index (χ3n) is 12.8. The van der Waals surface area contributed by atoms with E-state index in [4.69, 9.17) is 0 Å². The van der Waals surface area contributed by atoms with Crippen LogP contribution in [0, 0.1) is 5.82 Å². The fraction of sp³-hybridized carbons (Fsp3) is 0.378. The molecule has 0 radical (unpaired) electrons. The number of anilines is 3. The summed E-state index contributed by atoms with van der Waals surface area (Å²) in [5, 5.41) is 20.8. The highest BCUT2D eigenvalue weighted by Gasteiger charge is 2.46. The predicted octanol–water partition coefficient (Wildman–Crippen LogP) is 3.73. The Morgan fingerprint density at radius 1 is 0.906 bits per heavy atom. The molecule has 2 atom stereocenters. The number of imide groups is 2. The van der Waals surface area contributed by atoms with E-state index in [1.54, 1.807) is 23.6 Å². The largest absolute Gasteiger partial charge is 0.508 e. The number of piperidine rings is 2. The molecule has 0 saturated carbocycles. The minimum absolute atomic E-state index is 0.0227. The van der Waals surface area contributed by atoms with Crippen molar-refractivity contribution < 1.29 is 43.1 Å². The average Bonchev–Trinajstić information content (AvgIpc) is 4.00. The number of nitrogens with zero attached hydrogens (tertiary/aromatic N) is 6. The van der Waals surface area contributed by atoms with Crippen LogP contribution in [0.5, 0.6) is 5.75 Å². The molecule has 6 heterocycles. The summed E-state index contributed by atoms with van der Waals surface area (Å²) in [4.78, 5) is 105. The van der Waals surface area contributed by atoms with E-state index in [1.807, 2.05) is 23.1 Å². The second kappa shape index (κ2) is 17.8. The van der Waals surface area contributed by atoms with Gasteiger partial charge in [0.1, 0.15) is 23.7 Å². The molecule has 5 aliphatic rings. The first-order chi connectivity index (χ1) is 30.9. The van der Waals surface area contributed by atoms with Crippen molar-refractivity contribution in [2.24, 2.45) is 0 Å². The lowest BCUT2D eigenvalue weighted by Crippen LogP contribution is -2.54. The predicted molar refractivity (Wildman–Crippen MR) is 232 cm³/mol. The molecule has 3 saturated heterocycles. The van der Waals surface area contributed by atoms with Crippen LogP contribution in [0.1, 0.15) is 86.8 Å². The highest BCUT2D eigenvalue weighted by Crippen LogP contribution is 2.38. The van der Waals surface area contributed by atoms with Crippen LogP contribution in [-0.2, 0) is 25.7 Å². The van der Waals surface area contributed by atoms with Gasteiger partial charge in [0.15, 0.2) is 5.13 Å². The smallest absolute Gasteiger partial charge is 0.264 e. The van der Waals surface area contributed by atoms with Crippen molar-refractivity contribution in [3.05, 3.63) is 99.8 Å². The maximum Gasteiger partial charge on any atom is 0.264 e. The molecule has 332 valence electrons. The van der Waals surface area contributed by atoms with E-state index in [2.05, 4.69) is 30.7 Å². The fourth-order valence-electron chi connectivity index (χ4n) is 9.48. The Balaban J connectivity index is 0.743. The summed E-state index contributed by atoms with van der Waals surface area (Å²) in [6, 6.07) is 11.9. The Morgan fingerprint density at radius 3 is 2.45 bits per heavy atom. The van der Waals surface area contributed by atoms with Gasteiger partial charge in [0, 0.05) is 105 Å². The quantitative estimate of drug-likeness (QED) is 0.119. The van der Waals surface area contributed by atoms with Gasteiger partial charge in [-0.3, -0.25) is 54.0 Å². The van der Waals surface area contributed by atoms with Crippen LogP contribution >= 0.6 is 11.3 Å². The molecule has 17 nitrogen and oxygen atoms in total. The SMILES string of the molecule is O=C1CCC(N2C(=O)c3cccc(NCCCC(=O)N4CCN(C5CCN(c6ccc7c(c6)C(=O)N(C(C(=O)Nc6nccs6)c6cc(F)ccc6O)C7)CC5)CC4)c3C2=O)C(=O)N1. The summed E-state index contributed by atoms with van der Waals surface area (Å²) >= 11 is 1.20. The number of carbonyl (C=O) groups is 7. The van der Waals surface area contributed by atoms with Crippen LogP contribution in [0.3, 0.4) is 0 Å². The number of carbonyl (C=O) groups excluding carboxylic acids is 7. The van der Waals surface area contributed by atoms with E-state index in [-0.39, 0.29) is 47.7 Å². The van der Waals surface area contributed by atoms with Gasteiger partial charge in [0.2, 0.25) is 17.7 Å². The van der Waals surface area contributed by atoms with Crippen LogP contribution in [0.2, 0.25) is 0 Å². The molecular weight excluding hydrogens is 846 g/mol. The first-order valence-corrected chi connectivity index (χ1v) is 22.3. The molecule has 3 fully saturated rings. The van der Waals surface area contributed by atoms with Crippen LogP contribution in [0.15, 0.2) is 66.2 Å². The maximum atomic E-state index is 14.4. The van der Waals surface area contributed by atoms with Crippen molar-refractivity contribution in [1.82, 2.24) is 29.9 Å². The number of piperazine rings is 1. The minimum Gasteiger partial charge on any atom is -0.508 e. The van der Waals surface area contributed by atoms with E-state index in [9.17, 15) is 43.1 Å². The molecule has 4 N–H and O–H groups in total. The highest BCUT2D eigenvalue weighted by molar-refractivity contribution is 7.13. The number of fused-ring (bicyclic) bond motifs is 2. The summed E-state index contributed by atoms with van der Waals surface area (Å²) in [6.07, 6.45) is 4.26. The third kappa shape index (κ3) is 8.27. The lowest BCUT2D eigenvalue weighted by atomic mass is 10.0. The second-order valence-electron chi connectivity index (χ2n) is 16.5. The molecule has 0 aliphatic carbocycles. The van der Waals surface area contributed by atoms with Crippen LogP contribution in [0.25, 0.3) is 0 Å². The number of amides is 7. The van der Waals surface area contributed by atoms with Crippen LogP contribution in [0.4, 0.5) is 20.9 Å². The standard InChI is InChI=1S/C45H46FN9O8S/c46-27-7-10-35(56)32(23-27)39(41(60)50-45-48-15-22-64-45)54-25-26-6-8-29(24-31(26)42(54)61)51-16-12-28(13-17-51)52-18-20-53(21-19-52)37(58)5-2-14-47-33-4-1-3-30-38(33)44(63)55(43(30)62)34-9-11-36(57)49-40(34)59/h1,3-4,6-8,10,15,22-24,28,34,39,47,56H,2,5,9,11-14,16-21,25H2,(H,48,50,60)(H,49,57,59). The highest BCUT2D eigenvalue weighted by atomic mass is 32.1. The summed E-state index contributed by atoms with van der Waals surface area (Å²) in [5.74, 6) is -4.17. The zero-order valence-corrected chi connectivity index (χ0v) is 35.6. The molecule has 7 amide bonds. The molecule has 64 heavy (non-hydrogen) atoms. The van der Waals surface area contributed by atoms with Gasteiger partial charge in [-0.25, -0.2) is 9.37 Å². The van der Waals surface area contributed by atoms with Gasteiger partial charge in [-0.2, -0.15) is 0 Å². The van der Waals surface area contributed by atoms with Crippen molar-refractivity contribution in [2.45, 2.75) is 63.2 Å². The van der Waals surface area contributed by atoms with E-state index in [0.29, 0.717) is 54.9 Å². The van der Waals surface area contributed by atoms with Gasteiger partial charge in [0.05, 0.1) is 11.1 Å². The maximum absolute atomic E-state index is 14.4. The Labute approximate surface area is 371 Å². The Bertz CT molecular complexity index is 2540. The molecule has 3 aromatic carbocycles. The molecule has 1 aromatic heterocycles. The molecule has 19 heteroatoms. The number of phenols is 1. The number of aromatic hydroxyl groups is 1. The number of hydrogen-bond donors (Lipinski definition) is 4. The number of aromatic nitrogens is 1. The van der Waals surface area contributed by atoms with Gasteiger partial charge in [0.25, 0.3) is 23.6 Å². The zero-order valence-electron chi connectivity index (χ0n) is 34.8. The van der Waals surface area contributed by atoms with E-state index in [1.165, 1.54) is 28.5 Å². The Hall–Kier alpha value is -6.73. The number of benzene rings is 3. The monoisotopic (exact) mass is 891 g/mol. The van der Waals surface area contributed by atoms with Crippen LogP contribution in [-0.4, -0.2) is 129 Å². The van der Waals surface area contributed by atoms with Gasteiger partial charge < -0.3 is 25.1 Å². The number of thiazole rings is 1. The molecule has 9 rings (SSSR count). The van der Waals surface area contributed by atoms with Crippen molar-refractivity contribution >= 4 is 69.2 Å². The van der Waals surface area contributed by atoms with Crippen molar-refractivity contribution in [1.29, 1.82) is 0 Å². The second-order valence-corrected chi connectivity index (χ2v) is 17.4. The van der Waals surface area contributed by atoms with E-state index < -0.39 is 53.3 Å². The number of halogens is 1. The number of phenolic OH excluding ortho intramolecular Hbond substituents is 1. The first kappa shape index (κ1) is 42.6. The number of nitrogens with one attached hydrogen (secondary N) is 3. The summed E-state index contributed by atoms with van der Waals surface area (Å²) < 4.78 is 14.4. The molecule has 5 aliphatic heterocycles. The van der Waals surface area contributed by atoms with E-state index >= 15 is 0 Å². The molecule has 4 aromatic rings. The summed E-state index contributed by atoms with van der Waals surface area (Å²) in [5.41, 5.74) is 2.88. The molecule has 2 unspecified atom stereocenters. The number of rotatable bonds is 12. The first-order valence-electron chi connectivity index (χ1n) is 21.4. The summed E-state index contributed by atoms with van der Waals surface area (Å²) in [6.45, 7) is 4.77. The molecule has 0 bridgehead atoms. The van der Waals surface area contributed by atoms with Gasteiger partial charge >= 0.3 is 0 Å². The number of hydrogen-bond acceptors (Lipinski definition) is 13. The van der Waals surface area contributed by atoms with Crippen LogP contribution < -0.4 is 20.9 Å². The third-order valence-corrected chi connectivity index (χ3v) is 13.5. The van der Waals surface area contributed by atoms with Gasteiger partial charge in [-0.05, 0) is 73.7 Å². The van der Waals surface area contributed by atoms with Gasteiger partial charge in [-0.15, -0.1) is 11.3 Å². The average molecular weight is 892 g/mol. The molecule has 0 spiro atoms. The molecular formula is C45H46FN9O8S. The Morgan fingerprint density at radius 2 is 1.70 bits per heavy atom. The minimum atomic E-state index is -1.31.